The van der Waals surface area contributed by atoms with Crippen molar-refractivity contribution in [3.05, 3.63) is 28.2 Å². The zero-order chi connectivity index (χ0) is 14.8. The van der Waals surface area contributed by atoms with Crippen LogP contribution in [0, 0.1) is 5.41 Å². The minimum Gasteiger partial charge on any atom is -0.396 e. The van der Waals surface area contributed by atoms with E-state index in [-0.39, 0.29) is 12.0 Å². The van der Waals surface area contributed by atoms with Gasteiger partial charge in [0.25, 0.3) is 0 Å². The Morgan fingerprint density at radius 2 is 1.75 bits per heavy atom. The first-order valence-corrected chi connectivity index (χ1v) is 6.86. The molecule has 0 aromatic heterocycles. The summed E-state index contributed by atoms with van der Waals surface area (Å²) in [6.45, 7) is 0.310. The maximum atomic E-state index is 11.7. The molecule has 0 saturated heterocycles. The molecule has 1 aliphatic carbocycles. The Labute approximate surface area is 126 Å². The van der Waals surface area contributed by atoms with E-state index in [0.29, 0.717) is 22.3 Å². The number of benzene rings is 1. The summed E-state index contributed by atoms with van der Waals surface area (Å²) < 4.78 is 0. The molecule has 5 nitrogen and oxygen atoms in total. The molecule has 108 valence electrons. The van der Waals surface area contributed by atoms with Crippen LogP contribution in [0.5, 0.6) is 0 Å². The van der Waals surface area contributed by atoms with Gasteiger partial charge in [0, 0.05) is 27.7 Å². The van der Waals surface area contributed by atoms with Crippen LogP contribution < -0.4 is 10.6 Å². The summed E-state index contributed by atoms with van der Waals surface area (Å²) in [5, 5.41) is 14.8. The minimum absolute atomic E-state index is 0.0127. The van der Waals surface area contributed by atoms with Gasteiger partial charge < -0.3 is 15.7 Å². The van der Waals surface area contributed by atoms with Gasteiger partial charge in [0.2, 0.25) is 0 Å². The zero-order valence-corrected chi connectivity index (χ0v) is 12.1. The number of aliphatic hydroxyl groups excluding tert-OH is 1. The van der Waals surface area contributed by atoms with Gasteiger partial charge in [-0.1, -0.05) is 23.2 Å². The SMILES string of the molecule is O=C(NCC1(CO)CC1)C(=O)Nc1cc(Cl)cc(Cl)c1. The van der Waals surface area contributed by atoms with Gasteiger partial charge in [-0.2, -0.15) is 0 Å². The summed E-state index contributed by atoms with van der Waals surface area (Å²) >= 11 is 11.6. The fraction of sp³-hybridized carbons (Fsp3) is 0.385. The van der Waals surface area contributed by atoms with Crippen molar-refractivity contribution in [1.29, 1.82) is 0 Å². The monoisotopic (exact) mass is 316 g/mol. The van der Waals surface area contributed by atoms with Gasteiger partial charge in [-0.3, -0.25) is 9.59 Å². The van der Waals surface area contributed by atoms with Crippen molar-refractivity contribution in [1.82, 2.24) is 5.32 Å². The Bertz CT molecular complexity index is 524. The van der Waals surface area contributed by atoms with Crippen LogP contribution in [-0.2, 0) is 9.59 Å². The van der Waals surface area contributed by atoms with Crippen molar-refractivity contribution in [3.8, 4) is 0 Å². The molecule has 2 rings (SSSR count). The summed E-state index contributed by atoms with van der Waals surface area (Å²) in [6.07, 6.45) is 1.71. The number of nitrogens with one attached hydrogen (secondary N) is 2. The van der Waals surface area contributed by atoms with Crippen LogP contribution >= 0.6 is 23.2 Å². The average molecular weight is 317 g/mol. The van der Waals surface area contributed by atoms with Gasteiger partial charge in [0.1, 0.15) is 0 Å². The van der Waals surface area contributed by atoms with Crippen molar-refractivity contribution in [2.75, 3.05) is 18.5 Å². The first-order chi connectivity index (χ1) is 9.44. The van der Waals surface area contributed by atoms with E-state index in [9.17, 15) is 9.59 Å². The van der Waals surface area contributed by atoms with E-state index in [1.807, 2.05) is 0 Å². The Kier molecular flexibility index (Phi) is 4.52. The van der Waals surface area contributed by atoms with Crippen molar-refractivity contribution < 1.29 is 14.7 Å². The first kappa shape index (κ1) is 15.1. The van der Waals surface area contributed by atoms with Crippen LogP contribution in [0.15, 0.2) is 18.2 Å². The fourth-order valence-electron chi connectivity index (χ4n) is 1.73. The van der Waals surface area contributed by atoms with Crippen LogP contribution in [-0.4, -0.2) is 30.1 Å². The Hall–Kier alpha value is -1.30. The van der Waals surface area contributed by atoms with Crippen LogP contribution in [0.4, 0.5) is 5.69 Å². The molecular weight excluding hydrogens is 303 g/mol. The summed E-state index contributed by atoms with van der Waals surface area (Å²) in [7, 11) is 0. The maximum absolute atomic E-state index is 11.7. The average Bonchev–Trinajstić information content (AvgIpc) is 3.15. The summed E-state index contributed by atoms with van der Waals surface area (Å²) in [5.74, 6) is -1.54. The fourth-order valence-corrected chi connectivity index (χ4v) is 2.26. The van der Waals surface area contributed by atoms with E-state index in [0.717, 1.165) is 12.8 Å². The molecule has 7 heteroatoms. The van der Waals surface area contributed by atoms with E-state index in [1.165, 1.54) is 18.2 Å². The molecule has 1 aromatic rings. The lowest BCUT2D eigenvalue weighted by atomic mass is 10.1. The number of anilines is 1. The number of aliphatic hydroxyl groups is 1. The predicted octanol–water partition coefficient (Wildman–Crippen LogP) is 1.82. The molecule has 0 aliphatic heterocycles. The molecule has 2 amide bonds. The smallest absolute Gasteiger partial charge is 0.313 e. The Morgan fingerprint density at radius 3 is 2.25 bits per heavy atom. The molecule has 0 heterocycles. The summed E-state index contributed by atoms with van der Waals surface area (Å²) in [4.78, 5) is 23.3. The van der Waals surface area contributed by atoms with Gasteiger partial charge in [-0.15, -0.1) is 0 Å². The number of halogens is 2. The van der Waals surface area contributed by atoms with Crippen molar-refractivity contribution >= 4 is 40.7 Å². The minimum atomic E-state index is -0.794. The lowest BCUT2D eigenvalue weighted by molar-refractivity contribution is -0.136. The van der Waals surface area contributed by atoms with Gasteiger partial charge in [-0.05, 0) is 31.0 Å². The van der Waals surface area contributed by atoms with Crippen LogP contribution in [0.25, 0.3) is 0 Å². The third-order valence-corrected chi connectivity index (χ3v) is 3.68. The van der Waals surface area contributed by atoms with Crippen LogP contribution in [0.3, 0.4) is 0 Å². The highest BCUT2D eigenvalue weighted by Crippen LogP contribution is 2.44. The molecule has 0 unspecified atom stereocenters. The lowest BCUT2D eigenvalue weighted by Crippen LogP contribution is -2.39. The second kappa shape index (κ2) is 5.99. The number of hydrogen-bond acceptors (Lipinski definition) is 3. The summed E-state index contributed by atoms with van der Waals surface area (Å²) in [5.41, 5.74) is 0.112. The molecule has 1 aromatic carbocycles. The zero-order valence-electron chi connectivity index (χ0n) is 10.6. The Balaban J connectivity index is 1.89. The van der Waals surface area contributed by atoms with Gasteiger partial charge in [0.05, 0.1) is 6.61 Å². The third kappa shape index (κ3) is 3.85. The second-order valence-corrected chi connectivity index (χ2v) is 5.83. The number of carbonyl (C=O) groups is 2. The lowest BCUT2D eigenvalue weighted by Gasteiger charge is -2.12. The molecule has 1 saturated carbocycles. The van der Waals surface area contributed by atoms with Gasteiger partial charge >= 0.3 is 11.8 Å². The van der Waals surface area contributed by atoms with Gasteiger partial charge in [0.15, 0.2) is 0 Å². The predicted molar refractivity (Wildman–Crippen MR) is 76.9 cm³/mol. The Morgan fingerprint density at radius 1 is 1.15 bits per heavy atom. The molecule has 0 atom stereocenters. The highest BCUT2D eigenvalue weighted by atomic mass is 35.5. The van der Waals surface area contributed by atoms with Crippen LogP contribution in [0.1, 0.15) is 12.8 Å². The van der Waals surface area contributed by atoms with Crippen molar-refractivity contribution in [2.24, 2.45) is 5.41 Å². The number of hydrogen-bond donors (Lipinski definition) is 3. The molecule has 0 spiro atoms. The van der Waals surface area contributed by atoms with E-state index in [2.05, 4.69) is 10.6 Å². The highest BCUT2D eigenvalue weighted by Gasteiger charge is 2.42. The molecule has 0 radical (unpaired) electrons. The number of carbonyl (C=O) groups excluding carboxylic acids is 2. The van der Waals surface area contributed by atoms with E-state index >= 15 is 0 Å². The summed E-state index contributed by atoms with van der Waals surface area (Å²) in [6, 6.07) is 4.51. The molecule has 3 N–H and O–H groups in total. The molecular formula is C13H14Cl2N2O3. The second-order valence-electron chi connectivity index (χ2n) is 4.95. The standard InChI is InChI=1S/C13H14Cl2N2O3/c14-8-3-9(15)5-10(4-8)17-12(20)11(19)16-6-13(7-18)1-2-13/h3-5,18H,1-2,6-7H2,(H,16,19)(H,17,20). The van der Waals surface area contributed by atoms with Gasteiger partial charge in [-0.25, -0.2) is 0 Å². The van der Waals surface area contributed by atoms with Crippen LogP contribution in [0.2, 0.25) is 10.0 Å². The van der Waals surface area contributed by atoms with E-state index in [4.69, 9.17) is 28.3 Å². The van der Waals surface area contributed by atoms with Crippen molar-refractivity contribution in [2.45, 2.75) is 12.8 Å². The normalized spacial score (nSPS) is 15.6. The topological polar surface area (TPSA) is 78.4 Å². The van der Waals surface area contributed by atoms with Crippen molar-refractivity contribution in [3.63, 3.8) is 0 Å². The quantitative estimate of drug-likeness (QED) is 0.741. The molecule has 0 bridgehead atoms. The largest absolute Gasteiger partial charge is 0.396 e. The third-order valence-electron chi connectivity index (χ3n) is 3.24. The highest BCUT2D eigenvalue weighted by molar-refractivity contribution is 6.40. The number of amides is 2. The molecule has 20 heavy (non-hydrogen) atoms. The van der Waals surface area contributed by atoms with E-state index in [1.54, 1.807) is 0 Å². The molecule has 1 aliphatic rings. The first-order valence-electron chi connectivity index (χ1n) is 6.10. The van der Waals surface area contributed by atoms with E-state index < -0.39 is 11.8 Å². The maximum Gasteiger partial charge on any atom is 0.313 e. The number of rotatable bonds is 4. The molecule has 1 fully saturated rings.